The minimum absolute atomic E-state index is 0.279. The second-order valence-corrected chi connectivity index (χ2v) is 5.90. The first kappa shape index (κ1) is 13.7. The summed E-state index contributed by atoms with van der Waals surface area (Å²) in [5.74, 6) is 0.660. The molecule has 2 atom stereocenters. The van der Waals surface area contributed by atoms with Gasteiger partial charge in [-0.1, -0.05) is 6.92 Å². The van der Waals surface area contributed by atoms with Crippen LogP contribution in [0.25, 0.3) is 0 Å². The number of hydrogen-bond acceptors (Lipinski definition) is 2. The Morgan fingerprint density at radius 2 is 2.06 bits per heavy atom. The molecule has 0 aromatic heterocycles. The number of hydrogen-bond donors (Lipinski definition) is 1. The van der Waals surface area contributed by atoms with Gasteiger partial charge in [0.1, 0.15) is 0 Å². The van der Waals surface area contributed by atoms with Crippen molar-refractivity contribution in [2.75, 3.05) is 26.2 Å². The highest BCUT2D eigenvalue weighted by molar-refractivity contribution is 5.75. The van der Waals surface area contributed by atoms with Gasteiger partial charge in [0, 0.05) is 25.7 Å². The summed E-state index contributed by atoms with van der Waals surface area (Å²) < 4.78 is 0. The third-order valence-corrected chi connectivity index (χ3v) is 4.29. The van der Waals surface area contributed by atoms with Crippen LogP contribution in [0.2, 0.25) is 0 Å². The predicted molar refractivity (Wildman–Crippen MR) is 73.4 cm³/mol. The molecular formula is C14H27N3O. The molecule has 2 heterocycles. The van der Waals surface area contributed by atoms with Crippen LogP contribution in [-0.4, -0.2) is 48.1 Å². The fourth-order valence-electron chi connectivity index (χ4n) is 3.29. The van der Waals surface area contributed by atoms with Crippen molar-refractivity contribution in [3.63, 3.8) is 0 Å². The van der Waals surface area contributed by atoms with Crippen LogP contribution in [0.3, 0.4) is 0 Å². The fraction of sp³-hybridized carbons (Fsp3) is 0.929. The smallest absolute Gasteiger partial charge is 0.320 e. The number of nitrogens with two attached hydrogens (primary N) is 1. The van der Waals surface area contributed by atoms with Gasteiger partial charge in [0.15, 0.2) is 0 Å². The normalized spacial score (nSPS) is 28.8. The van der Waals surface area contributed by atoms with Gasteiger partial charge < -0.3 is 15.5 Å². The molecule has 2 saturated heterocycles. The highest BCUT2D eigenvalue weighted by Gasteiger charge is 2.32. The van der Waals surface area contributed by atoms with Gasteiger partial charge in [-0.2, -0.15) is 0 Å². The van der Waals surface area contributed by atoms with Crippen LogP contribution in [0, 0.1) is 5.92 Å². The van der Waals surface area contributed by atoms with Crippen LogP contribution < -0.4 is 5.73 Å². The first-order chi connectivity index (χ1) is 8.72. The van der Waals surface area contributed by atoms with Gasteiger partial charge >= 0.3 is 6.03 Å². The molecule has 4 nitrogen and oxygen atoms in total. The Hall–Kier alpha value is -0.770. The van der Waals surface area contributed by atoms with Gasteiger partial charge in [-0.15, -0.1) is 0 Å². The Bertz CT molecular complexity index is 282. The minimum atomic E-state index is 0.279. The SMILES string of the molecule is CC1CCCN(C(=O)N2CCCC2CCCN)C1. The van der Waals surface area contributed by atoms with Gasteiger partial charge in [-0.25, -0.2) is 4.79 Å². The molecule has 2 aliphatic heterocycles. The van der Waals surface area contributed by atoms with E-state index >= 15 is 0 Å². The van der Waals surface area contributed by atoms with Crippen LogP contribution in [0.5, 0.6) is 0 Å². The molecule has 0 saturated carbocycles. The molecule has 0 spiro atoms. The Morgan fingerprint density at radius 3 is 2.78 bits per heavy atom. The van der Waals surface area contributed by atoms with E-state index in [-0.39, 0.29) is 6.03 Å². The monoisotopic (exact) mass is 253 g/mol. The van der Waals surface area contributed by atoms with Crippen LogP contribution in [-0.2, 0) is 0 Å². The highest BCUT2D eigenvalue weighted by atomic mass is 16.2. The molecule has 2 amide bonds. The molecular weight excluding hydrogens is 226 g/mol. The molecule has 0 aromatic carbocycles. The summed E-state index contributed by atoms with van der Waals surface area (Å²) in [6.07, 6.45) is 6.85. The number of rotatable bonds is 3. The van der Waals surface area contributed by atoms with Gasteiger partial charge in [0.25, 0.3) is 0 Å². The summed E-state index contributed by atoms with van der Waals surface area (Å²) in [4.78, 5) is 16.7. The third-order valence-electron chi connectivity index (χ3n) is 4.29. The lowest BCUT2D eigenvalue weighted by Gasteiger charge is -2.36. The lowest BCUT2D eigenvalue weighted by atomic mass is 10.0. The summed E-state index contributed by atoms with van der Waals surface area (Å²) in [6, 6.07) is 0.722. The van der Waals surface area contributed by atoms with Crippen molar-refractivity contribution in [3.8, 4) is 0 Å². The van der Waals surface area contributed by atoms with E-state index in [1.807, 2.05) is 0 Å². The van der Waals surface area contributed by atoms with E-state index in [9.17, 15) is 4.79 Å². The van der Waals surface area contributed by atoms with Crippen molar-refractivity contribution in [2.24, 2.45) is 11.7 Å². The number of nitrogens with zero attached hydrogens (tertiary/aromatic N) is 2. The van der Waals surface area contributed by atoms with E-state index in [0.29, 0.717) is 12.0 Å². The molecule has 18 heavy (non-hydrogen) atoms. The first-order valence-corrected chi connectivity index (χ1v) is 7.48. The van der Waals surface area contributed by atoms with E-state index in [2.05, 4.69) is 16.7 Å². The molecule has 0 aliphatic carbocycles. The second-order valence-electron chi connectivity index (χ2n) is 5.90. The molecule has 2 fully saturated rings. The number of piperidine rings is 1. The zero-order chi connectivity index (χ0) is 13.0. The largest absolute Gasteiger partial charge is 0.330 e. The van der Waals surface area contributed by atoms with Crippen molar-refractivity contribution in [1.82, 2.24) is 9.80 Å². The minimum Gasteiger partial charge on any atom is -0.330 e. The van der Waals surface area contributed by atoms with Crippen molar-refractivity contribution in [1.29, 1.82) is 0 Å². The molecule has 2 rings (SSSR count). The molecule has 2 N–H and O–H groups in total. The second kappa shape index (κ2) is 6.41. The molecule has 2 unspecified atom stereocenters. The molecule has 4 heteroatoms. The number of carbonyl (C=O) groups is 1. The highest BCUT2D eigenvalue weighted by Crippen LogP contribution is 2.24. The summed E-state index contributed by atoms with van der Waals surface area (Å²) in [5, 5.41) is 0. The zero-order valence-corrected chi connectivity index (χ0v) is 11.6. The van der Waals surface area contributed by atoms with E-state index in [0.717, 1.165) is 58.3 Å². The maximum Gasteiger partial charge on any atom is 0.320 e. The number of likely N-dealkylation sites (tertiary alicyclic amines) is 2. The Balaban J connectivity index is 1.90. The van der Waals surface area contributed by atoms with Crippen molar-refractivity contribution in [2.45, 2.75) is 51.5 Å². The summed E-state index contributed by atoms with van der Waals surface area (Å²) in [7, 11) is 0. The maximum absolute atomic E-state index is 12.5. The topological polar surface area (TPSA) is 49.6 Å². The van der Waals surface area contributed by atoms with Crippen LogP contribution in [0.15, 0.2) is 0 Å². The van der Waals surface area contributed by atoms with E-state index in [4.69, 9.17) is 5.73 Å². The van der Waals surface area contributed by atoms with Crippen molar-refractivity contribution < 1.29 is 4.79 Å². The van der Waals surface area contributed by atoms with E-state index in [1.165, 1.54) is 6.42 Å². The third kappa shape index (κ3) is 3.16. The quantitative estimate of drug-likeness (QED) is 0.837. The number of urea groups is 1. The Morgan fingerprint density at radius 1 is 1.28 bits per heavy atom. The van der Waals surface area contributed by atoms with Gasteiger partial charge in [0.2, 0.25) is 0 Å². The molecule has 0 radical (unpaired) electrons. The lowest BCUT2D eigenvalue weighted by Crippen LogP contribution is -2.48. The summed E-state index contributed by atoms with van der Waals surface area (Å²) in [5.41, 5.74) is 5.58. The van der Waals surface area contributed by atoms with Gasteiger partial charge in [0.05, 0.1) is 0 Å². The molecule has 2 aliphatic rings. The van der Waals surface area contributed by atoms with Crippen molar-refractivity contribution in [3.05, 3.63) is 0 Å². The molecule has 0 bridgehead atoms. The van der Waals surface area contributed by atoms with Gasteiger partial charge in [-0.05, 0) is 51.0 Å². The zero-order valence-electron chi connectivity index (χ0n) is 11.6. The average Bonchev–Trinajstić information content (AvgIpc) is 2.83. The molecule has 0 aromatic rings. The first-order valence-electron chi connectivity index (χ1n) is 7.48. The van der Waals surface area contributed by atoms with Crippen LogP contribution >= 0.6 is 0 Å². The predicted octanol–water partition coefficient (Wildman–Crippen LogP) is 2.04. The molecule has 104 valence electrons. The van der Waals surface area contributed by atoms with E-state index in [1.54, 1.807) is 0 Å². The van der Waals surface area contributed by atoms with Crippen molar-refractivity contribution >= 4 is 6.03 Å². The Kier molecular flexibility index (Phi) is 4.87. The van der Waals surface area contributed by atoms with Gasteiger partial charge in [-0.3, -0.25) is 0 Å². The lowest BCUT2D eigenvalue weighted by molar-refractivity contribution is 0.125. The standard InChI is InChI=1S/C14H27N3O/c1-12-5-3-9-16(11-12)14(18)17-10-4-7-13(17)6-2-8-15/h12-13H,2-11,15H2,1H3. The number of carbonyl (C=O) groups excluding carboxylic acids is 1. The Labute approximate surface area is 110 Å². The fourth-order valence-corrected chi connectivity index (χ4v) is 3.29. The van der Waals surface area contributed by atoms with E-state index < -0.39 is 0 Å². The van der Waals surface area contributed by atoms with Crippen LogP contribution in [0.1, 0.15) is 45.4 Å². The average molecular weight is 253 g/mol. The summed E-state index contributed by atoms with van der Waals surface area (Å²) >= 11 is 0. The maximum atomic E-state index is 12.5. The number of amides is 2. The van der Waals surface area contributed by atoms with Crippen LogP contribution in [0.4, 0.5) is 4.79 Å². The summed E-state index contributed by atoms with van der Waals surface area (Å²) in [6.45, 7) is 5.82.